The van der Waals surface area contributed by atoms with Crippen LogP contribution in [0.2, 0.25) is 5.02 Å². The molecule has 4 nitrogen and oxygen atoms in total. The third-order valence-corrected chi connectivity index (χ3v) is 7.09. The maximum Gasteiger partial charge on any atom is 0.203 e. The van der Waals surface area contributed by atoms with Crippen LogP contribution in [0.4, 0.5) is 0 Å². The fraction of sp³-hybridized carbons (Fsp3) is 0.667. The van der Waals surface area contributed by atoms with Gasteiger partial charge >= 0.3 is 0 Å². The number of rotatable bonds is 8. The molecule has 0 spiro atoms. The average Bonchev–Trinajstić information content (AvgIpc) is 2.52. The predicted octanol–water partition coefficient (Wildman–Crippen LogP) is 4.20. The maximum absolute atomic E-state index is 12.4. The van der Waals surface area contributed by atoms with Gasteiger partial charge in [0.1, 0.15) is 0 Å². The van der Waals surface area contributed by atoms with Gasteiger partial charge in [-0.1, -0.05) is 43.0 Å². The predicted molar refractivity (Wildman–Crippen MR) is 100 cm³/mol. The van der Waals surface area contributed by atoms with Gasteiger partial charge in [0, 0.05) is 23.8 Å². The van der Waals surface area contributed by atoms with Crippen LogP contribution in [0.5, 0.6) is 0 Å². The smallest absolute Gasteiger partial charge is 0.203 e. The molecule has 0 amide bonds. The first kappa shape index (κ1) is 19.9. The zero-order chi connectivity index (χ0) is 17.6. The van der Waals surface area contributed by atoms with Gasteiger partial charge in [0.05, 0.1) is 12.3 Å². The SMILES string of the molecule is C[C@H](NC[C@@H](O)CP(=O)(O)CC1CCCCC1)c1cccc(Cl)c1. The number of benzene rings is 1. The largest absolute Gasteiger partial charge is 0.391 e. The van der Waals surface area contributed by atoms with Gasteiger partial charge in [-0.3, -0.25) is 4.57 Å². The number of nitrogens with one attached hydrogen (secondary N) is 1. The van der Waals surface area contributed by atoms with E-state index in [4.69, 9.17) is 11.6 Å². The fourth-order valence-corrected chi connectivity index (χ4v) is 5.76. The van der Waals surface area contributed by atoms with Crippen molar-refractivity contribution in [3.63, 3.8) is 0 Å². The Bertz CT molecular complexity index is 563. The quantitative estimate of drug-likeness (QED) is 0.597. The van der Waals surface area contributed by atoms with Crippen LogP contribution < -0.4 is 5.32 Å². The van der Waals surface area contributed by atoms with Crippen molar-refractivity contribution in [2.24, 2.45) is 5.92 Å². The average molecular weight is 374 g/mol. The summed E-state index contributed by atoms with van der Waals surface area (Å²) in [5.74, 6) is 0.347. The molecule has 1 saturated carbocycles. The van der Waals surface area contributed by atoms with Gasteiger partial charge in [-0.05, 0) is 43.4 Å². The first-order valence-corrected chi connectivity index (χ1v) is 11.2. The summed E-state index contributed by atoms with van der Waals surface area (Å²) < 4.78 is 12.4. The molecule has 3 N–H and O–H groups in total. The molecular formula is C18H29ClNO3P. The van der Waals surface area contributed by atoms with Crippen LogP contribution in [-0.4, -0.2) is 35.0 Å². The minimum Gasteiger partial charge on any atom is -0.391 e. The Balaban J connectivity index is 1.77. The Morgan fingerprint density at radius 3 is 2.71 bits per heavy atom. The summed E-state index contributed by atoms with van der Waals surface area (Å²) in [5.41, 5.74) is 1.03. The van der Waals surface area contributed by atoms with Gasteiger partial charge in [0.25, 0.3) is 0 Å². The van der Waals surface area contributed by atoms with E-state index in [1.54, 1.807) is 0 Å². The summed E-state index contributed by atoms with van der Waals surface area (Å²) in [5, 5.41) is 14.0. The van der Waals surface area contributed by atoms with Crippen LogP contribution >= 0.6 is 19.0 Å². The lowest BCUT2D eigenvalue weighted by Crippen LogP contribution is -2.32. The van der Waals surface area contributed by atoms with Crippen molar-refractivity contribution in [3.05, 3.63) is 34.9 Å². The van der Waals surface area contributed by atoms with Crippen molar-refractivity contribution in [1.82, 2.24) is 5.32 Å². The van der Waals surface area contributed by atoms with Crippen LogP contribution in [0.15, 0.2) is 24.3 Å². The maximum atomic E-state index is 12.4. The standard InChI is InChI=1S/C18H29ClNO3P/c1-14(16-8-5-9-17(19)10-16)20-11-18(21)13-24(22,23)12-15-6-3-2-4-7-15/h5,8-10,14-15,18,20-21H,2-4,6-7,11-13H2,1H3,(H,22,23)/t14-,18+/m0/s1. The van der Waals surface area contributed by atoms with Crippen molar-refractivity contribution in [3.8, 4) is 0 Å². The number of hydrogen-bond donors (Lipinski definition) is 3. The zero-order valence-corrected chi connectivity index (χ0v) is 16.0. The molecule has 1 aromatic carbocycles. The van der Waals surface area contributed by atoms with E-state index in [2.05, 4.69) is 5.32 Å². The van der Waals surface area contributed by atoms with Crippen LogP contribution in [-0.2, 0) is 4.57 Å². The summed E-state index contributed by atoms with van der Waals surface area (Å²) >= 11 is 5.98. The highest BCUT2D eigenvalue weighted by atomic mass is 35.5. The number of aliphatic hydroxyl groups excluding tert-OH is 1. The summed E-state index contributed by atoms with van der Waals surface area (Å²) in [6.07, 6.45) is 5.16. The summed E-state index contributed by atoms with van der Waals surface area (Å²) in [7, 11) is -3.27. The number of halogens is 1. The highest BCUT2D eigenvalue weighted by molar-refractivity contribution is 7.58. The molecule has 1 aliphatic carbocycles. The molecule has 0 saturated heterocycles. The highest BCUT2D eigenvalue weighted by Crippen LogP contribution is 2.45. The number of hydrogen-bond acceptors (Lipinski definition) is 3. The van der Waals surface area contributed by atoms with E-state index in [0.29, 0.717) is 23.6 Å². The minimum absolute atomic E-state index is 0.0229. The Morgan fingerprint density at radius 1 is 1.33 bits per heavy atom. The molecule has 3 atom stereocenters. The van der Waals surface area contributed by atoms with E-state index in [1.165, 1.54) is 6.42 Å². The van der Waals surface area contributed by atoms with Gasteiger partial charge in [-0.2, -0.15) is 0 Å². The molecule has 0 aliphatic heterocycles. The second kappa shape index (κ2) is 9.35. The van der Waals surface area contributed by atoms with Crippen molar-refractivity contribution in [1.29, 1.82) is 0 Å². The molecular weight excluding hydrogens is 345 g/mol. The topological polar surface area (TPSA) is 69.6 Å². The van der Waals surface area contributed by atoms with E-state index >= 15 is 0 Å². The monoisotopic (exact) mass is 373 g/mol. The highest BCUT2D eigenvalue weighted by Gasteiger charge is 2.28. The van der Waals surface area contributed by atoms with E-state index in [-0.39, 0.29) is 12.2 Å². The molecule has 1 fully saturated rings. The molecule has 0 radical (unpaired) electrons. The fourth-order valence-electron chi connectivity index (χ4n) is 3.45. The molecule has 0 bridgehead atoms. The Labute approximate surface area is 150 Å². The van der Waals surface area contributed by atoms with Gasteiger partial charge < -0.3 is 15.3 Å². The normalized spacial score (nSPS) is 21.2. The Kier molecular flexibility index (Phi) is 7.77. The van der Waals surface area contributed by atoms with E-state index < -0.39 is 13.5 Å². The van der Waals surface area contributed by atoms with Crippen LogP contribution in [0, 0.1) is 5.92 Å². The third-order valence-electron chi connectivity index (χ3n) is 4.77. The van der Waals surface area contributed by atoms with E-state index in [1.807, 2.05) is 31.2 Å². The molecule has 1 aromatic rings. The lowest BCUT2D eigenvalue weighted by Gasteiger charge is -2.25. The van der Waals surface area contributed by atoms with Crippen molar-refractivity contribution >= 4 is 19.0 Å². The first-order valence-electron chi connectivity index (χ1n) is 8.83. The van der Waals surface area contributed by atoms with Crippen LogP contribution in [0.25, 0.3) is 0 Å². The minimum atomic E-state index is -3.27. The van der Waals surface area contributed by atoms with Gasteiger partial charge in [-0.15, -0.1) is 0 Å². The van der Waals surface area contributed by atoms with Crippen molar-refractivity contribution < 1.29 is 14.6 Å². The Hall–Kier alpha value is -0.380. The summed E-state index contributed by atoms with van der Waals surface area (Å²) in [4.78, 5) is 10.2. The second-order valence-electron chi connectivity index (χ2n) is 7.05. The molecule has 0 heterocycles. The van der Waals surface area contributed by atoms with Crippen LogP contribution in [0.1, 0.15) is 50.6 Å². The van der Waals surface area contributed by atoms with Crippen molar-refractivity contribution in [2.45, 2.75) is 51.2 Å². The molecule has 0 aromatic heterocycles. The van der Waals surface area contributed by atoms with Crippen LogP contribution in [0.3, 0.4) is 0 Å². The molecule has 24 heavy (non-hydrogen) atoms. The lowest BCUT2D eigenvalue weighted by atomic mass is 9.91. The molecule has 1 aliphatic rings. The number of aliphatic hydroxyl groups is 1. The lowest BCUT2D eigenvalue weighted by molar-refractivity contribution is 0.186. The first-order chi connectivity index (χ1) is 11.4. The molecule has 136 valence electrons. The molecule has 6 heteroatoms. The van der Waals surface area contributed by atoms with E-state index in [9.17, 15) is 14.6 Å². The Morgan fingerprint density at radius 2 is 2.04 bits per heavy atom. The summed E-state index contributed by atoms with van der Waals surface area (Å²) in [6.45, 7) is 2.28. The molecule has 1 unspecified atom stereocenters. The van der Waals surface area contributed by atoms with E-state index in [0.717, 1.165) is 31.2 Å². The zero-order valence-electron chi connectivity index (χ0n) is 14.3. The third kappa shape index (κ3) is 6.85. The second-order valence-corrected chi connectivity index (χ2v) is 9.91. The van der Waals surface area contributed by atoms with Crippen molar-refractivity contribution in [2.75, 3.05) is 18.9 Å². The summed E-state index contributed by atoms with van der Waals surface area (Å²) in [6, 6.07) is 7.58. The van der Waals surface area contributed by atoms with Gasteiger partial charge in [0.15, 0.2) is 0 Å². The van der Waals surface area contributed by atoms with Gasteiger partial charge in [-0.25, -0.2) is 0 Å². The van der Waals surface area contributed by atoms with Gasteiger partial charge in [0.2, 0.25) is 7.37 Å². The molecule has 2 rings (SSSR count).